The molecule has 1 aromatic heterocycles. The van der Waals surface area contributed by atoms with Crippen molar-refractivity contribution in [1.82, 2.24) is 10.3 Å². The summed E-state index contributed by atoms with van der Waals surface area (Å²) in [6.07, 6.45) is 1.68. The minimum atomic E-state index is 0.651. The summed E-state index contributed by atoms with van der Waals surface area (Å²) in [4.78, 5) is 6.56. The molecule has 0 saturated carbocycles. The summed E-state index contributed by atoms with van der Waals surface area (Å²) in [5, 5.41) is 3.95. The zero-order valence-corrected chi connectivity index (χ0v) is 12.0. The van der Waals surface area contributed by atoms with Crippen LogP contribution < -0.4 is 10.2 Å². The van der Waals surface area contributed by atoms with Crippen molar-refractivity contribution >= 4 is 33.3 Å². The lowest BCUT2D eigenvalue weighted by Crippen LogP contribution is -2.32. The number of rotatable bonds is 6. The van der Waals surface area contributed by atoms with Gasteiger partial charge in [0.25, 0.3) is 0 Å². The van der Waals surface area contributed by atoms with Gasteiger partial charge in [0, 0.05) is 25.8 Å². The van der Waals surface area contributed by atoms with E-state index in [2.05, 4.69) is 45.0 Å². The van der Waals surface area contributed by atoms with Crippen LogP contribution in [-0.2, 0) is 0 Å². The zero-order valence-electron chi connectivity index (χ0n) is 9.63. The first-order chi connectivity index (χ1) is 7.69. The number of hydrogen-bond donors (Lipinski definition) is 1. The van der Waals surface area contributed by atoms with Crippen LogP contribution in [-0.4, -0.2) is 31.2 Å². The Labute approximate surface area is 110 Å². The Morgan fingerprint density at radius 1 is 1.50 bits per heavy atom. The highest BCUT2D eigenvalue weighted by molar-refractivity contribution is 9.10. The number of aromatic nitrogens is 1. The minimum Gasteiger partial charge on any atom is -0.355 e. The Balaban J connectivity index is 2.70. The summed E-state index contributed by atoms with van der Waals surface area (Å²) < 4.78 is 0.943. The van der Waals surface area contributed by atoms with Gasteiger partial charge in [-0.2, -0.15) is 0 Å². The summed E-state index contributed by atoms with van der Waals surface area (Å²) in [5.41, 5.74) is 0. The third-order valence-electron chi connectivity index (χ3n) is 2.28. The van der Waals surface area contributed by atoms with Crippen molar-refractivity contribution in [2.75, 3.05) is 31.1 Å². The maximum Gasteiger partial charge on any atom is 0.143 e. The van der Waals surface area contributed by atoms with Crippen molar-refractivity contribution in [2.24, 2.45) is 0 Å². The smallest absolute Gasteiger partial charge is 0.143 e. The molecule has 3 nitrogen and oxygen atoms in total. The first-order valence-corrected chi connectivity index (χ1v) is 6.62. The molecule has 0 aliphatic rings. The van der Waals surface area contributed by atoms with Gasteiger partial charge < -0.3 is 10.2 Å². The lowest BCUT2D eigenvalue weighted by molar-refractivity contribution is 0.683. The van der Waals surface area contributed by atoms with Crippen molar-refractivity contribution in [1.29, 1.82) is 0 Å². The van der Waals surface area contributed by atoms with E-state index in [9.17, 15) is 0 Å². The largest absolute Gasteiger partial charge is 0.355 e. The molecule has 0 bridgehead atoms. The number of anilines is 1. The molecule has 0 fully saturated rings. The molecule has 1 aromatic rings. The van der Waals surface area contributed by atoms with Crippen LogP contribution in [0.2, 0.25) is 5.02 Å². The summed E-state index contributed by atoms with van der Waals surface area (Å²) in [7, 11) is 0. The van der Waals surface area contributed by atoms with Gasteiger partial charge in [0.1, 0.15) is 5.82 Å². The molecule has 0 aromatic carbocycles. The fraction of sp³-hybridized carbons (Fsp3) is 0.545. The molecule has 90 valence electrons. The topological polar surface area (TPSA) is 28.2 Å². The van der Waals surface area contributed by atoms with Gasteiger partial charge in [-0.3, -0.25) is 0 Å². The van der Waals surface area contributed by atoms with E-state index in [1.807, 2.05) is 6.07 Å². The Hall–Kier alpha value is -0.320. The molecule has 0 radical (unpaired) electrons. The van der Waals surface area contributed by atoms with Gasteiger partial charge in [0.2, 0.25) is 0 Å². The summed E-state index contributed by atoms with van der Waals surface area (Å²) in [6.45, 7) is 8.05. The Morgan fingerprint density at radius 2 is 2.25 bits per heavy atom. The van der Waals surface area contributed by atoms with E-state index in [-0.39, 0.29) is 0 Å². The fourth-order valence-corrected chi connectivity index (χ4v) is 2.33. The van der Waals surface area contributed by atoms with Crippen LogP contribution in [0.1, 0.15) is 13.8 Å². The molecule has 0 saturated heterocycles. The Kier molecular flexibility index (Phi) is 6.09. The van der Waals surface area contributed by atoms with E-state index in [4.69, 9.17) is 11.6 Å². The van der Waals surface area contributed by atoms with E-state index < -0.39 is 0 Å². The zero-order chi connectivity index (χ0) is 12.0. The van der Waals surface area contributed by atoms with Crippen LogP contribution in [0.25, 0.3) is 0 Å². The van der Waals surface area contributed by atoms with Gasteiger partial charge in [-0.1, -0.05) is 18.5 Å². The van der Waals surface area contributed by atoms with Crippen LogP contribution in [0.15, 0.2) is 16.7 Å². The lowest BCUT2D eigenvalue weighted by Gasteiger charge is -2.23. The van der Waals surface area contributed by atoms with Gasteiger partial charge in [0.15, 0.2) is 0 Å². The van der Waals surface area contributed by atoms with Gasteiger partial charge in [-0.15, -0.1) is 0 Å². The molecule has 0 atom stereocenters. The van der Waals surface area contributed by atoms with Crippen molar-refractivity contribution in [3.63, 3.8) is 0 Å². The maximum atomic E-state index is 5.87. The predicted octanol–water partition coefficient (Wildman–Crippen LogP) is 2.93. The third kappa shape index (κ3) is 3.92. The molecule has 0 aliphatic heterocycles. The van der Waals surface area contributed by atoms with E-state index in [1.54, 1.807) is 6.20 Å². The van der Waals surface area contributed by atoms with E-state index in [0.717, 1.165) is 36.5 Å². The van der Waals surface area contributed by atoms with Crippen molar-refractivity contribution in [2.45, 2.75) is 13.8 Å². The number of halogens is 2. The Bertz CT molecular complexity index is 333. The number of pyridine rings is 1. The normalized spacial score (nSPS) is 10.5. The van der Waals surface area contributed by atoms with E-state index >= 15 is 0 Å². The molecule has 0 aliphatic carbocycles. The van der Waals surface area contributed by atoms with Crippen LogP contribution in [0.3, 0.4) is 0 Å². The fourth-order valence-electron chi connectivity index (χ4n) is 1.44. The predicted molar refractivity (Wildman–Crippen MR) is 73.4 cm³/mol. The van der Waals surface area contributed by atoms with Crippen molar-refractivity contribution in [3.05, 3.63) is 21.8 Å². The maximum absolute atomic E-state index is 5.87. The van der Waals surface area contributed by atoms with Crippen LogP contribution >= 0.6 is 27.5 Å². The Morgan fingerprint density at radius 3 is 2.81 bits per heavy atom. The van der Waals surface area contributed by atoms with Crippen LogP contribution in [0.4, 0.5) is 5.82 Å². The number of likely N-dealkylation sites (N-methyl/N-ethyl adjacent to an activating group) is 2. The minimum absolute atomic E-state index is 0.651. The average molecular weight is 307 g/mol. The summed E-state index contributed by atoms with van der Waals surface area (Å²) in [6, 6.07) is 1.87. The highest BCUT2D eigenvalue weighted by Gasteiger charge is 2.09. The average Bonchev–Trinajstić information content (AvgIpc) is 2.26. The molecule has 1 heterocycles. The van der Waals surface area contributed by atoms with Crippen LogP contribution in [0, 0.1) is 0 Å². The third-order valence-corrected chi connectivity index (χ3v) is 3.07. The number of hydrogen-bond acceptors (Lipinski definition) is 3. The molecule has 16 heavy (non-hydrogen) atoms. The second-order valence-electron chi connectivity index (χ2n) is 3.39. The van der Waals surface area contributed by atoms with Gasteiger partial charge >= 0.3 is 0 Å². The molecule has 0 unspecified atom stereocenters. The molecule has 0 amide bonds. The summed E-state index contributed by atoms with van der Waals surface area (Å²) in [5.74, 6) is 0.949. The molecular weight excluding hydrogens is 289 g/mol. The molecular formula is C11H17BrClN3. The first-order valence-electron chi connectivity index (χ1n) is 5.45. The van der Waals surface area contributed by atoms with Crippen molar-refractivity contribution < 1.29 is 0 Å². The first kappa shape index (κ1) is 13.7. The molecule has 0 spiro atoms. The van der Waals surface area contributed by atoms with E-state index in [1.165, 1.54) is 0 Å². The molecule has 1 rings (SSSR count). The lowest BCUT2D eigenvalue weighted by atomic mass is 10.4. The van der Waals surface area contributed by atoms with Crippen LogP contribution in [0.5, 0.6) is 0 Å². The second kappa shape index (κ2) is 7.09. The number of nitrogens with one attached hydrogen (secondary N) is 1. The standard InChI is InChI=1S/C11H17BrClN3/c1-3-14-5-6-16(4-2)11-10(12)7-9(13)8-15-11/h7-8,14H,3-6H2,1-2H3. The SMILES string of the molecule is CCNCCN(CC)c1ncc(Cl)cc1Br. The van der Waals surface area contributed by atoms with E-state index in [0.29, 0.717) is 5.02 Å². The summed E-state index contributed by atoms with van der Waals surface area (Å²) >= 11 is 9.36. The monoisotopic (exact) mass is 305 g/mol. The van der Waals surface area contributed by atoms with Gasteiger partial charge in [-0.05, 0) is 35.5 Å². The second-order valence-corrected chi connectivity index (χ2v) is 4.68. The quantitative estimate of drug-likeness (QED) is 0.819. The number of nitrogens with zero attached hydrogens (tertiary/aromatic N) is 2. The molecule has 5 heteroatoms. The molecule has 1 N–H and O–H groups in total. The van der Waals surface area contributed by atoms with Gasteiger partial charge in [0.05, 0.1) is 9.50 Å². The van der Waals surface area contributed by atoms with Crippen molar-refractivity contribution in [3.8, 4) is 0 Å². The highest BCUT2D eigenvalue weighted by Crippen LogP contribution is 2.26. The highest BCUT2D eigenvalue weighted by atomic mass is 79.9. The van der Waals surface area contributed by atoms with Gasteiger partial charge in [-0.25, -0.2) is 4.98 Å².